The molecule has 0 saturated carbocycles. The van der Waals surface area contributed by atoms with Crippen molar-refractivity contribution in [3.63, 3.8) is 0 Å². The first kappa shape index (κ1) is 30.0. The Bertz CT molecular complexity index is 1270. The van der Waals surface area contributed by atoms with E-state index in [9.17, 15) is 27.5 Å². The number of ketones is 1. The molecule has 0 fully saturated rings. The van der Waals surface area contributed by atoms with E-state index >= 15 is 0 Å². The molecule has 1 atom stereocenters. The van der Waals surface area contributed by atoms with Gasteiger partial charge in [0.1, 0.15) is 11.4 Å². The Morgan fingerprint density at radius 3 is 2.24 bits per heavy atom. The summed E-state index contributed by atoms with van der Waals surface area (Å²) in [6.45, 7) is 8.82. The first-order chi connectivity index (χ1) is 17.0. The second kappa shape index (κ2) is 11.9. The number of benzene rings is 1. The summed E-state index contributed by atoms with van der Waals surface area (Å²) in [5.41, 5.74) is 1.01. The summed E-state index contributed by atoms with van der Waals surface area (Å²) >= 11 is 0. The summed E-state index contributed by atoms with van der Waals surface area (Å²) in [4.78, 5) is 33.4. The lowest BCUT2D eigenvalue weighted by molar-refractivity contribution is -0.157. The van der Waals surface area contributed by atoms with Crippen molar-refractivity contribution in [1.82, 2.24) is 9.97 Å². The van der Waals surface area contributed by atoms with Gasteiger partial charge in [-0.3, -0.25) is 9.59 Å². The van der Waals surface area contributed by atoms with Gasteiger partial charge in [0.25, 0.3) is 0 Å². The van der Waals surface area contributed by atoms with Crippen molar-refractivity contribution in [3.8, 4) is 11.3 Å². The minimum absolute atomic E-state index is 0.0678. The van der Waals surface area contributed by atoms with E-state index in [0.717, 1.165) is 10.6 Å². The Morgan fingerprint density at radius 1 is 1.14 bits per heavy atom. The predicted octanol–water partition coefficient (Wildman–Crippen LogP) is 3.87. The van der Waals surface area contributed by atoms with Crippen LogP contribution in [0, 0.1) is 5.82 Å². The summed E-state index contributed by atoms with van der Waals surface area (Å²) in [5.74, 6) is -1.78. The number of rotatable bonds is 10. The number of nitrogens with zero attached hydrogens (tertiary/aromatic N) is 3. The van der Waals surface area contributed by atoms with E-state index in [1.807, 2.05) is 13.8 Å². The molecular weight excluding hydrogens is 501 g/mol. The number of aliphatic hydroxyl groups excluding tert-OH is 1. The fourth-order valence-electron chi connectivity index (χ4n) is 3.32. The van der Waals surface area contributed by atoms with Gasteiger partial charge in [0.2, 0.25) is 16.0 Å². The number of carbonyl (C=O) groups excluding carboxylic acids is 2. The largest absolute Gasteiger partial charge is 0.460 e. The van der Waals surface area contributed by atoms with Crippen LogP contribution in [0.1, 0.15) is 64.6 Å². The molecule has 0 bridgehead atoms. The normalized spacial score (nSPS) is 13.1. The van der Waals surface area contributed by atoms with Gasteiger partial charge in [-0.05, 0) is 63.1 Å². The summed E-state index contributed by atoms with van der Waals surface area (Å²) in [6, 6.07) is 5.49. The van der Waals surface area contributed by atoms with Crippen molar-refractivity contribution in [1.29, 1.82) is 0 Å². The molecule has 0 aliphatic rings. The number of ether oxygens (including phenoxy) is 1. The number of allylic oxidation sites excluding steroid dienone is 1. The van der Waals surface area contributed by atoms with Gasteiger partial charge < -0.3 is 9.84 Å². The Morgan fingerprint density at radius 2 is 1.73 bits per heavy atom. The number of hydrogen-bond acceptors (Lipinski definition) is 8. The summed E-state index contributed by atoms with van der Waals surface area (Å²) < 4.78 is 44.0. The number of aromatic nitrogens is 2. The number of anilines is 1. The zero-order chi connectivity index (χ0) is 28.1. The van der Waals surface area contributed by atoms with Crippen LogP contribution in [0.15, 0.2) is 30.3 Å². The zero-order valence-electron chi connectivity index (χ0n) is 22.1. The van der Waals surface area contributed by atoms with Crippen LogP contribution in [-0.4, -0.2) is 60.3 Å². The van der Waals surface area contributed by atoms with Gasteiger partial charge >= 0.3 is 5.97 Å². The van der Waals surface area contributed by atoms with Crippen molar-refractivity contribution >= 4 is 33.8 Å². The second-order valence-corrected chi connectivity index (χ2v) is 12.0. The van der Waals surface area contributed by atoms with E-state index in [4.69, 9.17) is 4.74 Å². The highest BCUT2D eigenvalue weighted by Crippen LogP contribution is 2.31. The third-order valence-electron chi connectivity index (χ3n) is 5.10. The SMILES string of the molecule is CC(C)c1nc(N(C)S(C)(=O)=O)nc(-c2ccc(F)cc2)c1C=CC(=O)C[C@@H](O)CC(=O)OC(C)(C)C. The standard InChI is InChI=1S/C26H34FN3O6S/c1-16(2)23-21(13-12-19(31)14-20(32)15-22(33)36-26(3,4)5)24(17-8-10-18(27)11-9-17)29-25(28-23)30(6)37(7,34)35/h8-13,16,20,32H,14-15H2,1-7H3/t20-/m1/s1. The number of carbonyl (C=O) groups is 2. The Kier molecular flexibility index (Phi) is 9.67. The van der Waals surface area contributed by atoms with Crippen LogP contribution in [0.25, 0.3) is 17.3 Å². The fraction of sp³-hybridized carbons (Fsp3) is 0.462. The molecule has 0 radical (unpaired) electrons. The molecule has 1 aromatic heterocycles. The number of hydrogen-bond donors (Lipinski definition) is 1. The molecule has 0 spiro atoms. The zero-order valence-corrected chi connectivity index (χ0v) is 23.0. The summed E-state index contributed by atoms with van der Waals surface area (Å²) in [7, 11) is -2.34. The minimum Gasteiger partial charge on any atom is -0.460 e. The molecule has 9 nitrogen and oxygen atoms in total. The van der Waals surface area contributed by atoms with Gasteiger partial charge in [0.15, 0.2) is 5.78 Å². The third kappa shape index (κ3) is 9.01. The van der Waals surface area contributed by atoms with Gasteiger partial charge in [0, 0.05) is 24.6 Å². The van der Waals surface area contributed by atoms with Gasteiger partial charge in [-0.1, -0.05) is 13.8 Å². The number of esters is 1. The van der Waals surface area contributed by atoms with Gasteiger partial charge in [-0.2, -0.15) is 0 Å². The van der Waals surface area contributed by atoms with E-state index in [0.29, 0.717) is 22.5 Å². The lowest BCUT2D eigenvalue weighted by atomic mass is 9.97. The van der Waals surface area contributed by atoms with Crippen molar-refractivity contribution in [3.05, 3.63) is 47.4 Å². The van der Waals surface area contributed by atoms with E-state index < -0.39 is 39.3 Å². The lowest BCUT2D eigenvalue weighted by Crippen LogP contribution is -2.27. The lowest BCUT2D eigenvalue weighted by Gasteiger charge is -2.20. The molecule has 202 valence electrons. The molecule has 1 aromatic carbocycles. The third-order valence-corrected chi connectivity index (χ3v) is 6.26. The first-order valence-corrected chi connectivity index (χ1v) is 13.6. The maximum absolute atomic E-state index is 13.6. The second-order valence-electron chi connectivity index (χ2n) is 10.0. The summed E-state index contributed by atoms with van der Waals surface area (Å²) in [6.07, 6.45) is 1.89. The van der Waals surface area contributed by atoms with Gasteiger partial charge in [-0.25, -0.2) is 27.1 Å². The molecule has 2 aromatic rings. The van der Waals surface area contributed by atoms with Crippen LogP contribution >= 0.6 is 0 Å². The Hall–Kier alpha value is -3.18. The minimum atomic E-state index is -3.67. The van der Waals surface area contributed by atoms with Crippen LogP contribution in [0.5, 0.6) is 0 Å². The number of aliphatic hydroxyl groups is 1. The van der Waals surface area contributed by atoms with Crippen molar-refractivity contribution in [2.75, 3.05) is 17.6 Å². The highest BCUT2D eigenvalue weighted by molar-refractivity contribution is 7.92. The summed E-state index contributed by atoms with van der Waals surface area (Å²) in [5, 5.41) is 10.2. The van der Waals surface area contributed by atoms with Crippen LogP contribution < -0.4 is 4.31 Å². The maximum Gasteiger partial charge on any atom is 0.308 e. The van der Waals surface area contributed by atoms with Crippen LogP contribution in [0.4, 0.5) is 10.3 Å². The topological polar surface area (TPSA) is 127 Å². The fourth-order valence-corrected chi connectivity index (χ4v) is 3.70. The van der Waals surface area contributed by atoms with E-state index in [1.165, 1.54) is 43.5 Å². The molecular formula is C26H34FN3O6S. The smallest absolute Gasteiger partial charge is 0.308 e. The number of sulfonamides is 1. The Balaban J connectivity index is 2.46. The Labute approximate surface area is 217 Å². The van der Waals surface area contributed by atoms with Gasteiger partial charge in [0.05, 0.1) is 30.2 Å². The molecule has 0 saturated heterocycles. The average Bonchev–Trinajstić information content (AvgIpc) is 2.75. The molecule has 0 aliphatic carbocycles. The first-order valence-electron chi connectivity index (χ1n) is 11.7. The molecule has 0 unspecified atom stereocenters. The highest BCUT2D eigenvalue weighted by atomic mass is 32.2. The maximum atomic E-state index is 13.6. The van der Waals surface area contributed by atoms with Crippen LogP contribution in [0.3, 0.4) is 0 Å². The van der Waals surface area contributed by atoms with Crippen LogP contribution in [0.2, 0.25) is 0 Å². The molecule has 11 heteroatoms. The predicted molar refractivity (Wildman–Crippen MR) is 140 cm³/mol. The van der Waals surface area contributed by atoms with Gasteiger partial charge in [-0.15, -0.1) is 0 Å². The number of halogens is 1. The average molecular weight is 536 g/mol. The molecule has 1 heterocycles. The highest BCUT2D eigenvalue weighted by Gasteiger charge is 2.23. The molecule has 2 rings (SSSR count). The van der Waals surface area contributed by atoms with Crippen LogP contribution in [-0.2, 0) is 24.3 Å². The molecule has 0 aliphatic heterocycles. The monoisotopic (exact) mass is 535 g/mol. The van der Waals surface area contributed by atoms with E-state index in [1.54, 1.807) is 20.8 Å². The molecule has 1 N–H and O–H groups in total. The van der Waals surface area contributed by atoms with Crippen molar-refractivity contribution in [2.24, 2.45) is 0 Å². The van der Waals surface area contributed by atoms with E-state index in [2.05, 4.69) is 9.97 Å². The molecule has 0 amide bonds. The van der Waals surface area contributed by atoms with Crippen molar-refractivity contribution < 1.29 is 32.2 Å². The quantitative estimate of drug-likeness (QED) is 0.359. The molecule has 37 heavy (non-hydrogen) atoms. The van der Waals surface area contributed by atoms with Crippen molar-refractivity contribution in [2.45, 2.75) is 65.1 Å². The van der Waals surface area contributed by atoms with E-state index in [-0.39, 0.29) is 24.7 Å².